The second kappa shape index (κ2) is 6.30. The van der Waals surface area contributed by atoms with Crippen LogP contribution in [0.4, 0.5) is 0 Å². The Hall–Kier alpha value is -1.48. The summed E-state index contributed by atoms with van der Waals surface area (Å²) in [7, 11) is 0. The minimum Gasteiger partial charge on any atom is -0.360 e. The summed E-state index contributed by atoms with van der Waals surface area (Å²) in [5, 5.41) is 0. The summed E-state index contributed by atoms with van der Waals surface area (Å²) in [6, 6.07) is 8.42. The number of nitrogens with one attached hydrogen (secondary N) is 2. The molecule has 0 radical (unpaired) electrons. The predicted molar refractivity (Wildman–Crippen MR) is 71.8 cm³/mol. The molecule has 0 saturated heterocycles. The van der Waals surface area contributed by atoms with E-state index in [0.717, 1.165) is 25.1 Å². The zero-order valence-corrected chi connectivity index (χ0v) is 10.2. The van der Waals surface area contributed by atoms with Gasteiger partial charge < -0.3 is 15.7 Å². The molecule has 0 bridgehead atoms. The normalized spacial score (nSPS) is 10.9. The lowest BCUT2D eigenvalue weighted by molar-refractivity contribution is 0.643. The highest BCUT2D eigenvalue weighted by Gasteiger charge is 2.01. The van der Waals surface area contributed by atoms with Crippen LogP contribution in [0.1, 0.15) is 31.4 Å². The van der Waals surface area contributed by atoms with E-state index in [-0.39, 0.29) is 0 Å². The van der Waals surface area contributed by atoms with Crippen molar-refractivity contribution in [1.82, 2.24) is 9.97 Å². The highest BCUT2D eigenvalue weighted by atomic mass is 14.8. The van der Waals surface area contributed by atoms with Crippen molar-refractivity contribution in [3.63, 3.8) is 0 Å². The fourth-order valence-electron chi connectivity index (χ4n) is 2.05. The molecule has 3 nitrogen and oxygen atoms in total. The maximum Gasteiger partial charge on any atom is 0.0621 e. The first-order valence-corrected chi connectivity index (χ1v) is 6.42. The van der Waals surface area contributed by atoms with Crippen LogP contribution in [0, 0.1) is 0 Å². The van der Waals surface area contributed by atoms with Gasteiger partial charge in [0.1, 0.15) is 0 Å². The van der Waals surface area contributed by atoms with Gasteiger partial charge in [-0.2, -0.15) is 0 Å². The van der Waals surface area contributed by atoms with E-state index in [1.165, 1.54) is 30.7 Å². The van der Waals surface area contributed by atoms with Crippen LogP contribution in [-0.4, -0.2) is 16.5 Å². The number of rotatable bonds is 7. The highest BCUT2D eigenvalue weighted by Crippen LogP contribution is 2.17. The van der Waals surface area contributed by atoms with Crippen LogP contribution < -0.4 is 5.73 Å². The summed E-state index contributed by atoms with van der Waals surface area (Å²) in [5.41, 5.74) is 9.12. The molecule has 0 fully saturated rings. The van der Waals surface area contributed by atoms with Crippen molar-refractivity contribution in [3.05, 3.63) is 36.2 Å². The number of aryl methyl sites for hydroxylation is 1. The van der Waals surface area contributed by atoms with Gasteiger partial charge in [0.05, 0.1) is 11.4 Å². The summed E-state index contributed by atoms with van der Waals surface area (Å²) < 4.78 is 0. The standard InChI is InChI=1S/C14H21N3/c15-10-4-2-1-3-6-12-8-9-14(17-12)13-7-5-11-16-13/h5,7-9,11,16-17H,1-4,6,10,15H2. The molecule has 0 unspecified atom stereocenters. The van der Waals surface area contributed by atoms with Crippen LogP contribution in [0.25, 0.3) is 11.4 Å². The molecule has 0 amide bonds. The van der Waals surface area contributed by atoms with Crippen LogP contribution >= 0.6 is 0 Å². The summed E-state index contributed by atoms with van der Waals surface area (Å²) in [6.07, 6.45) is 7.99. The molecule has 0 spiro atoms. The van der Waals surface area contributed by atoms with Crippen molar-refractivity contribution in [2.45, 2.75) is 32.1 Å². The van der Waals surface area contributed by atoms with Crippen molar-refractivity contribution in [2.24, 2.45) is 5.73 Å². The molecule has 0 atom stereocenters. The fraction of sp³-hybridized carbons (Fsp3) is 0.429. The van der Waals surface area contributed by atoms with Gasteiger partial charge in [0.25, 0.3) is 0 Å². The first-order valence-electron chi connectivity index (χ1n) is 6.42. The SMILES string of the molecule is NCCCCCCc1ccc(-c2ccc[nH]2)[nH]1. The Labute approximate surface area is 102 Å². The van der Waals surface area contributed by atoms with E-state index in [0.29, 0.717) is 0 Å². The lowest BCUT2D eigenvalue weighted by Gasteiger charge is -1.99. The topological polar surface area (TPSA) is 57.6 Å². The highest BCUT2D eigenvalue weighted by molar-refractivity contribution is 5.55. The molecule has 2 aromatic heterocycles. The quantitative estimate of drug-likeness (QED) is 0.630. The second-order valence-corrected chi connectivity index (χ2v) is 4.43. The number of H-pyrrole nitrogens is 2. The molecule has 3 heteroatoms. The molecule has 4 N–H and O–H groups in total. The minimum atomic E-state index is 0.819. The molecule has 2 heterocycles. The van der Waals surface area contributed by atoms with E-state index in [4.69, 9.17) is 5.73 Å². The monoisotopic (exact) mass is 231 g/mol. The first-order chi connectivity index (χ1) is 8.40. The minimum absolute atomic E-state index is 0.819. The largest absolute Gasteiger partial charge is 0.360 e. The Morgan fingerprint density at radius 2 is 1.82 bits per heavy atom. The van der Waals surface area contributed by atoms with E-state index < -0.39 is 0 Å². The number of hydrogen-bond donors (Lipinski definition) is 3. The Morgan fingerprint density at radius 3 is 2.59 bits per heavy atom. The molecule has 2 rings (SSSR count). The molecular weight excluding hydrogens is 210 g/mol. The third-order valence-corrected chi connectivity index (χ3v) is 3.03. The Morgan fingerprint density at radius 1 is 0.941 bits per heavy atom. The third kappa shape index (κ3) is 3.49. The number of hydrogen-bond acceptors (Lipinski definition) is 1. The van der Waals surface area contributed by atoms with E-state index in [1.54, 1.807) is 0 Å². The molecule has 0 saturated carbocycles. The molecule has 2 aromatic rings. The maximum absolute atomic E-state index is 5.47. The van der Waals surface area contributed by atoms with E-state index in [1.807, 2.05) is 12.3 Å². The van der Waals surface area contributed by atoms with Gasteiger partial charge in [-0.05, 0) is 50.1 Å². The molecular formula is C14H21N3. The van der Waals surface area contributed by atoms with Gasteiger partial charge in [0.15, 0.2) is 0 Å². The van der Waals surface area contributed by atoms with Gasteiger partial charge in [0.2, 0.25) is 0 Å². The first kappa shape index (κ1) is 12.0. The van der Waals surface area contributed by atoms with E-state index >= 15 is 0 Å². The average molecular weight is 231 g/mol. The van der Waals surface area contributed by atoms with Gasteiger partial charge in [-0.3, -0.25) is 0 Å². The smallest absolute Gasteiger partial charge is 0.0621 e. The zero-order valence-electron chi connectivity index (χ0n) is 10.2. The van der Waals surface area contributed by atoms with Crippen LogP contribution in [-0.2, 0) is 6.42 Å². The molecule has 0 aliphatic rings. The van der Waals surface area contributed by atoms with Crippen LogP contribution in [0.15, 0.2) is 30.5 Å². The van der Waals surface area contributed by atoms with E-state index in [2.05, 4.69) is 28.2 Å². The number of aromatic amines is 2. The second-order valence-electron chi connectivity index (χ2n) is 4.43. The van der Waals surface area contributed by atoms with Gasteiger partial charge in [0, 0.05) is 11.9 Å². The van der Waals surface area contributed by atoms with Crippen molar-refractivity contribution < 1.29 is 0 Å². The lowest BCUT2D eigenvalue weighted by Crippen LogP contribution is -1.97. The Bertz CT molecular complexity index is 414. The van der Waals surface area contributed by atoms with Gasteiger partial charge in [-0.1, -0.05) is 12.8 Å². The van der Waals surface area contributed by atoms with E-state index in [9.17, 15) is 0 Å². The Balaban J connectivity index is 1.79. The van der Waals surface area contributed by atoms with Crippen molar-refractivity contribution in [2.75, 3.05) is 6.54 Å². The summed E-state index contributed by atoms with van der Waals surface area (Å²) in [6.45, 7) is 0.819. The molecule has 0 aromatic carbocycles. The predicted octanol–water partition coefficient (Wildman–Crippen LogP) is 3.07. The van der Waals surface area contributed by atoms with Crippen LogP contribution in [0.2, 0.25) is 0 Å². The molecule has 92 valence electrons. The van der Waals surface area contributed by atoms with Gasteiger partial charge in [-0.15, -0.1) is 0 Å². The summed E-state index contributed by atoms with van der Waals surface area (Å²) in [4.78, 5) is 6.66. The molecule has 0 aliphatic heterocycles. The average Bonchev–Trinajstić information content (AvgIpc) is 2.99. The maximum atomic E-state index is 5.47. The number of unbranched alkanes of at least 4 members (excludes halogenated alkanes) is 3. The van der Waals surface area contributed by atoms with Crippen LogP contribution in [0.5, 0.6) is 0 Å². The summed E-state index contributed by atoms with van der Waals surface area (Å²) in [5.74, 6) is 0. The third-order valence-electron chi connectivity index (χ3n) is 3.03. The van der Waals surface area contributed by atoms with Crippen LogP contribution in [0.3, 0.4) is 0 Å². The lowest BCUT2D eigenvalue weighted by atomic mass is 10.1. The number of nitrogens with two attached hydrogens (primary N) is 1. The van der Waals surface area contributed by atoms with Crippen molar-refractivity contribution >= 4 is 0 Å². The van der Waals surface area contributed by atoms with Gasteiger partial charge in [-0.25, -0.2) is 0 Å². The van der Waals surface area contributed by atoms with Crippen molar-refractivity contribution in [1.29, 1.82) is 0 Å². The Kier molecular flexibility index (Phi) is 4.45. The molecule has 0 aliphatic carbocycles. The number of aromatic nitrogens is 2. The molecule has 17 heavy (non-hydrogen) atoms. The van der Waals surface area contributed by atoms with Crippen molar-refractivity contribution in [3.8, 4) is 11.4 Å². The van der Waals surface area contributed by atoms with Gasteiger partial charge >= 0.3 is 0 Å². The summed E-state index contributed by atoms with van der Waals surface area (Å²) >= 11 is 0. The zero-order chi connectivity index (χ0) is 11.9. The fourth-order valence-corrected chi connectivity index (χ4v) is 2.05.